The monoisotopic (exact) mass is 289 g/mol. The van der Waals surface area contributed by atoms with Crippen LogP contribution in [0.25, 0.3) is 0 Å². The number of rotatable bonds is 2. The number of hydrogen-bond donors (Lipinski definition) is 0. The molecule has 4 nitrogen and oxygen atoms in total. The molecule has 4 heteroatoms. The van der Waals surface area contributed by atoms with E-state index < -0.39 is 11.7 Å². The van der Waals surface area contributed by atoms with Gasteiger partial charge in [-0.3, -0.25) is 4.79 Å². The maximum Gasteiger partial charge on any atom is 0.417 e. The molecule has 21 heavy (non-hydrogen) atoms. The summed E-state index contributed by atoms with van der Waals surface area (Å²) in [6.45, 7) is 7.29. The predicted octanol–water partition coefficient (Wildman–Crippen LogP) is 3.40. The molecule has 0 spiro atoms. The zero-order valence-electron chi connectivity index (χ0n) is 13.1. The molecule has 0 N–H and O–H groups in total. The summed E-state index contributed by atoms with van der Waals surface area (Å²) in [4.78, 5) is 25.9. The van der Waals surface area contributed by atoms with Crippen molar-refractivity contribution < 1.29 is 14.3 Å². The molecule has 114 valence electrons. The molecule has 2 rings (SSSR count). The van der Waals surface area contributed by atoms with Crippen molar-refractivity contribution in [2.75, 3.05) is 0 Å². The summed E-state index contributed by atoms with van der Waals surface area (Å²) in [7, 11) is 0. The third-order valence-electron chi connectivity index (χ3n) is 3.55. The third-order valence-corrected chi connectivity index (χ3v) is 3.55. The van der Waals surface area contributed by atoms with Crippen molar-refractivity contribution in [2.24, 2.45) is 5.92 Å². The molecule has 1 aliphatic rings. The number of likely N-dealkylation sites (tertiary alicyclic amines) is 1. The van der Waals surface area contributed by atoms with Crippen LogP contribution < -0.4 is 0 Å². The van der Waals surface area contributed by atoms with Gasteiger partial charge in [0.25, 0.3) is 0 Å². The molecule has 2 unspecified atom stereocenters. The van der Waals surface area contributed by atoms with Gasteiger partial charge in [-0.25, -0.2) is 9.69 Å². The first-order valence-electron chi connectivity index (χ1n) is 7.38. The fourth-order valence-corrected chi connectivity index (χ4v) is 2.64. The van der Waals surface area contributed by atoms with E-state index in [2.05, 4.69) is 0 Å². The van der Waals surface area contributed by atoms with Crippen LogP contribution >= 0.6 is 0 Å². The summed E-state index contributed by atoms with van der Waals surface area (Å²) in [5, 5.41) is 0. The number of nitrogens with zero attached hydrogens (tertiary/aromatic N) is 1. The van der Waals surface area contributed by atoms with Gasteiger partial charge in [0.05, 0.1) is 0 Å². The summed E-state index contributed by atoms with van der Waals surface area (Å²) >= 11 is 0. The molecule has 0 saturated carbocycles. The minimum Gasteiger partial charge on any atom is -0.443 e. The number of carbonyl (C=O) groups excluding carboxylic acids is 2. The summed E-state index contributed by atoms with van der Waals surface area (Å²) in [6.07, 6.45) is 0.834. The van der Waals surface area contributed by atoms with Crippen molar-refractivity contribution in [3.05, 3.63) is 35.9 Å². The van der Waals surface area contributed by atoms with Crippen molar-refractivity contribution in [3.8, 4) is 0 Å². The highest BCUT2D eigenvalue weighted by molar-refractivity contribution is 5.95. The fraction of sp³-hybridized carbons (Fsp3) is 0.529. The van der Waals surface area contributed by atoms with E-state index in [4.69, 9.17) is 4.74 Å². The van der Waals surface area contributed by atoms with Crippen molar-refractivity contribution in [1.82, 2.24) is 4.90 Å². The van der Waals surface area contributed by atoms with Gasteiger partial charge >= 0.3 is 6.09 Å². The van der Waals surface area contributed by atoms with Crippen molar-refractivity contribution >= 4 is 12.0 Å². The Morgan fingerprint density at radius 1 is 1.29 bits per heavy atom. The lowest BCUT2D eigenvalue weighted by Gasteiger charge is -2.27. The first-order chi connectivity index (χ1) is 9.78. The molecule has 1 saturated heterocycles. The highest BCUT2D eigenvalue weighted by Crippen LogP contribution is 2.28. The number of amides is 2. The Hall–Kier alpha value is -1.84. The number of ether oxygens (including phenoxy) is 1. The molecular formula is C17H23NO3. The Kier molecular flexibility index (Phi) is 4.35. The Bertz CT molecular complexity index is 519. The van der Waals surface area contributed by atoms with E-state index >= 15 is 0 Å². The lowest BCUT2D eigenvalue weighted by molar-refractivity contribution is -0.130. The van der Waals surface area contributed by atoms with E-state index in [0.717, 1.165) is 5.56 Å². The molecule has 2 amide bonds. The molecule has 0 aliphatic carbocycles. The molecule has 1 heterocycles. The van der Waals surface area contributed by atoms with Crippen LogP contribution in [0.4, 0.5) is 4.79 Å². The Labute approximate surface area is 126 Å². The maximum absolute atomic E-state index is 12.3. The minimum atomic E-state index is -0.597. The smallest absolute Gasteiger partial charge is 0.417 e. The molecule has 1 aromatic rings. The van der Waals surface area contributed by atoms with Gasteiger partial charge < -0.3 is 4.74 Å². The normalized spacial score (nSPS) is 22.5. The van der Waals surface area contributed by atoms with Gasteiger partial charge in [0.2, 0.25) is 5.91 Å². The Morgan fingerprint density at radius 2 is 1.90 bits per heavy atom. The van der Waals surface area contributed by atoms with Gasteiger partial charge in [0.1, 0.15) is 5.60 Å². The molecule has 2 atom stereocenters. The Morgan fingerprint density at radius 3 is 2.48 bits per heavy atom. The maximum atomic E-state index is 12.3. The molecule has 1 fully saturated rings. The summed E-state index contributed by atoms with van der Waals surface area (Å²) in [6, 6.07) is 9.80. The summed E-state index contributed by atoms with van der Waals surface area (Å²) < 4.78 is 5.37. The molecule has 0 aromatic heterocycles. The van der Waals surface area contributed by atoms with Gasteiger partial charge in [0, 0.05) is 12.0 Å². The quantitative estimate of drug-likeness (QED) is 0.838. The fourth-order valence-electron chi connectivity index (χ4n) is 2.64. The van der Waals surface area contributed by atoms with E-state index in [9.17, 15) is 9.59 Å². The lowest BCUT2D eigenvalue weighted by Crippen LogP contribution is -2.43. The van der Waals surface area contributed by atoms with Crippen molar-refractivity contribution in [2.45, 2.75) is 52.2 Å². The summed E-state index contributed by atoms with van der Waals surface area (Å²) in [5.74, 6) is -0.267. The van der Waals surface area contributed by atoms with E-state index in [-0.39, 0.29) is 17.9 Å². The van der Waals surface area contributed by atoms with E-state index in [1.165, 1.54) is 4.90 Å². The van der Waals surface area contributed by atoms with Crippen LogP contribution in [0.1, 0.15) is 39.7 Å². The largest absolute Gasteiger partial charge is 0.443 e. The lowest BCUT2D eigenvalue weighted by atomic mass is 10.0. The highest BCUT2D eigenvalue weighted by Gasteiger charge is 2.42. The molecular weight excluding hydrogens is 266 g/mol. The number of imide groups is 1. The molecule has 0 radical (unpaired) electrons. The SMILES string of the molecule is CC1CC(Cc2ccccc2)N(C(=O)OC(C)(C)C)C1=O. The first kappa shape index (κ1) is 15.5. The van der Waals surface area contributed by atoms with Crippen LogP contribution in [-0.2, 0) is 16.0 Å². The second kappa shape index (κ2) is 5.88. The average molecular weight is 289 g/mol. The standard InChI is InChI=1S/C17H23NO3/c1-12-10-14(11-13-8-6-5-7-9-13)18(15(12)19)16(20)21-17(2,3)4/h5-9,12,14H,10-11H2,1-4H3. The predicted molar refractivity (Wildman–Crippen MR) is 80.8 cm³/mol. The molecule has 1 aliphatic heterocycles. The second-order valence-corrected chi connectivity index (χ2v) is 6.67. The van der Waals surface area contributed by atoms with Crippen molar-refractivity contribution in [3.63, 3.8) is 0 Å². The molecule has 1 aromatic carbocycles. The van der Waals surface area contributed by atoms with Crippen molar-refractivity contribution in [1.29, 1.82) is 0 Å². The Balaban J connectivity index is 2.15. The second-order valence-electron chi connectivity index (χ2n) is 6.67. The van der Waals surface area contributed by atoms with Gasteiger partial charge in [-0.2, -0.15) is 0 Å². The summed E-state index contributed by atoms with van der Waals surface area (Å²) in [5.41, 5.74) is 0.526. The van der Waals surface area contributed by atoms with Crippen LogP contribution in [0, 0.1) is 5.92 Å². The van der Waals surface area contributed by atoms with E-state index in [1.807, 2.05) is 37.3 Å². The van der Waals surface area contributed by atoms with Crippen LogP contribution in [-0.4, -0.2) is 28.5 Å². The van der Waals surface area contributed by atoms with Gasteiger partial charge in [0.15, 0.2) is 0 Å². The molecule has 0 bridgehead atoms. The topological polar surface area (TPSA) is 46.6 Å². The van der Waals surface area contributed by atoms with Gasteiger partial charge in [-0.15, -0.1) is 0 Å². The average Bonchev–Trinajstić information content (AvgIpc) is 2.64. The van der Waals surface area contributed by atoms with E-state index in [0.29, 0.717) is 12.8 Å². The van der Waals surface area contributed by atoms with Gasteiger partial charge in [-0.05, 0) is 39.2 Å². The highest BCUT2D eigenvalue weighted by atomic mass is 16.6. The number of carbonyl (C=O) groups is 2. The van der Waals surface area contributed by atoms with Gasteiger partial charge in [-0.1, -0.05) is 37.3 Å². The third kappa shape index (κ3) is 3.84. The van der Waals surface area contributed by atoms with Crippen LogP contribution in [0.5, 0.6) is 0 Å². The van der Waals surface area contributed by atoms with Crippen LogP contribution in [0.2, 0.25) is 0 Å². The van der Waals surface area contributed by atoms with Crippen LogP contribution in [0.3, 0.4) is 0 Å². The first-order valence-corrected chi connectivity index (χ1v) is 7.38. The zero-order valence-corrected chi connectivity index (χ0v) is 13.1. The van der Waals surface area contributed by atoms with Crippen LogP contribution in [0.15, 0.2) is 30.3 Å². The zero-order chi connectivity index (χ0) is 15.6. The van der Waals surface area contributed by atoms with E-state index in [1.54, 1.807) is 20.8 Å². The number of benzene rings is 1. The number of hydrogen-bond acceptors (Lipinski definition) is 3. The minimum absolute atomic E-state index is 0.121.